The number of pyridine rings is 1. The van der Waals surface area contributed by atoms with Crippen molar-refractivity contribution in [2.75, 3.05) is 0 Å². The van der Waals surface area contributed by atoms with Crippen LogP contribution in [0.2, 0.25) is 5.02 Å². The van der Waals surface area contributed by atoms with E-state index in [0.717, 1.165) is 11.3 Å². The van der Waals surface area contributed by atoms with Crippen molar-refractivity contribution in [3.05, 3.63) is 59.6 Å². The number of aromatic nitrogens is 4. The highest BCUT2D eigenvalue weighted by Gasteiger charge is 2.06. The summed E-state index contributed by atoms with van der Waals surface area (Å²) in [6.07, 6.45) is 3.42. The molecule has 0 aliphatic rings. The molecule has 0 aliphatic carbocycles. The molecule has 1 aromatic carbocycles. The molecule has 6 heteroatoms. The maximum atomic E-state index is 5.81. The van der Waals surface area contributed by atoms with E-state index in [1.165, 1.54) is 0 Å². The third kappa shape index (κ3) is 2.95. The van der Waals surface area contributed by atoms with Gasteiger partial charge in [0.05, 0.1) is 0 Å². The molecule has 0 saturated heterocycles. The number of hydrogen-bond acceptors (Lipinski definition) is 4. The Hall–Kier alpha value is -2.40. The lowest BCUT2D eigenvalue weighted by molar-refractivity contribution is 0.296. The fourth-order valence-electron chi connectivity index (χ4n) is 1.67. The predicted molar refractivity (Wildman–Crippen MR) is 75.4 cm³/mol. The number of ether oxygens (including phenoxy) is 1. The van der Waals surface area contributed by atoms with Crippen LogP contribution in [0.3, 0.4) is 0 Å². The van der Waals surface area contributed by atoms with E-state index in [4.69, 9.17) is 16.3 Å². The summed E-state index contributed by atoms with van der Waals surface area (Å²) in [7, 11) is 0. The minimum absolute atomic E-state index is 0.314. The van der Waals surface area contributed by atoms with Gasteiger partial charge in [0, 0.05) is 23.0 Å². The molecule has 0 atom stereocenters. The second kappa shape index (κ2) is 5.71. The molecule has 0 fully saturated rings. The summed E-state index contributed by atoms with van der Waals surface area (Å²) in [5, 5.41) is 7.66. The highest BCUT2D eigenvalue weighted by molar-refractivity contribution is 6.30. The van der Waals surface area contributed by atoms with Gasteiger partial charge >= 0.3 is 0 Å². The molecule has 0 unspecified atom stereocenters. The summed E-state index contributed by atoms with van der Waals surface area (Å²) >= 11 is 5.81. The lowest BCUT2D eigenvalue weighted by Crippen LogP contribution is -1.97. The van der Waals surface area contributed by atoms with Gasteiger partial charge in [-0.05, 0) is 36.4 Å². The van der Waals surface area contributed by atoms with Gasteiger partial charge in [-0.2, -0.15) is 5.10 Å². The third-order valence-corrected chi connectivity index (χ3v) is 2.89. The first kappa shape index (κ1) is 12.6. The number of nitrogens with one attached hydrogen (secondary N) is 1. The van der Waals surface area contributed by atoms with Crippen LogP contribution in [-0.2, 0) is 6.61 Å². The zero-order valence-corrected chi connectivity index (χ0v) is 11.2. The Morgan fingerprint density at radius 3 is 2.75 bits per heavy atom. The van der Waals surface area contributed by atoms with Crippen LogP contribution in [0, 0.1) is 0 Å². The van der Waals surface area contributed by atoms with Crippen LogP contribution in [0.5, 0.6) is 5.75 Å². The van der Waals surface area contributed by atoms with E-state index in [1.54, 1.807) is 36.7 Å². The van der Waals surface area contributed by atoms with Crippen molar-refractivity contribution in [2.45, 2.75) is 6.61 Å². The average molecular weight is 287 g/mol. The van der Waals surface area contributed by atoms with Gasteiger partial charge in [-0.1, -0.05) is 11.6 Å². The molecule has 2 heterocycles. The van der Waals surface area contributed by atoms with Gasteiger partial charge in [0.15, 0.2) is 11.6 Å². The van der Waals surface area contributed by atoms with Crippen LogP contribution >= 0.6 is 11.6 Å². The SMILES string of the molecule is Clc1ccc(OCc2nc(-c3cccnc3)n[nH]2)cc1. The number of halogens is 1. The summed E-state index contributed by atoms with van der Waals surface area (Å²) in [5.74, 6) is 1.99. The van der Waals surface area contributed by atoms with Gasteiger partial charge in [-0.25, -0.2) is 4.98 Å². The van der Waals surface area contributed by atoms with Gasteiger partial charge in [-0.15, -0.1) is 0 Å². The van der Waals surface area contributed by atoms with Crippen LogP contribution < -0.4 is 4.74 Å². The lowest BCUT2D eigenvalue weighted by Gasteiger charge is -2.03. The third-order valence-electron chi connectivity index (χ3n) is 2.64. The Morgan fingerprint density at radius 2 is 2.00 bits per heavy atom. The van der Waals surface area contributed by atoms with Crippen molar-refractivity contribution < 1.29 is 4.74 Å². The summed E-state index contributed by atoms with van der Waals surface area (Å²) in [5.41, 5.74) is 0.862. The second-order valence-electron chi connectivity index (χ2n) is 4.09. The number of benzene rings is 1. The van der Waals surface area contributed by atoms with Gasteiger partial charge in [0.25, 0.3) is 0 Å². The average Bonchev–Trinajstić information content (AvgIpc) is 2.97. The molecule has 20 heavy (non-hydrogen) atoms. The normalized spacial score (nSPS) is 10.4. The maximum absolute atomic E-state index is 5.81. The van der Waals surface area contributed by atoms with Crippen LogP contribution in [0.1, 0.15) is 5.82 Å². The number of hydrogen-bond donors (Lipinski definition) is 1. The molecule has 3 aromatic rings. The molecule has 0 radical (unpaired) electrons. The van der Waals surface area contributed by atoms with Crippen LogP contribution in [-0.4, -0.2) is 20.2 Å². The maximum Gasteiger partial charge on any atom is 0.182 e. The van der Waals surface area contributed by atoms with E-state index >= 15 is 0 Å². The first-order valence-electron chi connectivity index (χ1n) is 6.01. The molecule has 0 aliphatic heterocycles. The van der Waals surface area contributed by atoms with Crippen molar-refractivity contribution in [3.8, 4) is 17.1 Å². The molecule has 2 aromatic heterocycles. The standard InChI is InChI=1S/C14H11ClN4O/c15-11-3-5-12(6-4-11)20-9-13-17-14(19-18-13)10-2-1-7-16-8-10/h1-8H,9H2,(H,17,18,19). The van der Waals surface area contributed by atoms with Crippen LogP contribution in [0.15, 0.2) is 48.8 Å². The van der Waals surface area contributed by atoms with E-state index in [9.17, 15) is 0 Å². The van der Waals surface area contributed by atoms with Crippen molar-refractivity contribution in [1.82, 2.24) is 20.2 Å². The molecule has 0 spiro atoms. The van der Waals surface area contributed by atoms with Crippen molar-refractivity contribution in [3.63, 3.8) is 0 Å². The summed E-state index contributed by atoms with van der Waals surface area (Å²) in [4.78, 5) is 8.39. The molecular weight excluding hydrogens is 276 g/mol. The first-order chi connectivity index (χ1) is 9.81. The number of rotatable bonds is 4. The molecule has 0 bridgehead atoms. The van der Waals surface area contributed by atoms with Gasteiger partial charge in [0.1, 0.15) is 12.4 Å². The van der Waals surface area contributed by atoms with Gasteiger partial charge < -0.3 is 4.74 Å². The molecule has 1 N–H and O–H groups in total. The van der Waals surface area contributed by atoms with Crippen molar-refractivity contribution >= 4 is 11.6 Å². The first-order valence-corrected chi connectivity index (χ1v) is 6.39. The highest BCUT2D eigenvalue weighted by Crippen LogP contribution is 2.17. The van der Waals surface area contributed by atoms with Crippen LogP contribution in [0.25, 0.3) is 11.4 Å². The van der Waals surface area contributed by atoms with E-state index in [-0.39, 0.29) is 0 Å². The van der Waals surface area contributed by atoms with E-state index in [0.29, 0.717) is 23.3 Å². The number of aromatic amines is 1. The fraction of sp³-hybridized carbons (Fsp3) is 0.0714. The minimum atomic E-state index is 0.314. The van der Waals surface area contributed by atoms with E-state index in [1.807, 2.05) is 12.1 Å². The summed E-state index contributed by atoms with van der Waals surface area (Å²) in [6.45, 7) is 0.314. The Bertz CT molecular complexity index is 682. The largest absolute Gasteiger partial charge is 0.486 e. The number of H-pyrrole nitrogens is 1. The Morgan fingerprint density at radius 1 is 1.15 bits per heavy atom. The summed E-state index contributed by atoms with van der Waals surface area (Å²) in [6, 6.07) is 10.9. The molecule has 0 saturated carbocycles. The number of nitrogens with zero attached hydrogens (tertiary/aromatic N) is 3. The molecule has 0 amide bonds. The summed E-state index contributed by atoms with van der Waals surface area (Å²) < 4.78 is 5.59. The van der Waals surface area contributed by atoms with E-state index in [2.05, 4.69) is 20.2 Å². The smallest absolute Gasteiger partial charge is 0.182 e. The molecular formula is C14H11ClN4O. The van der Waals surface area contributed by atoms with E-state index < -0.39 is 0 Å². The Kier molecular flexibility index (Phi) is 3.60. The Balaban J connectivity index is 1.67. The monoisotopic (exact) mass is 286 g/mol. The highest BCUT2D eigenvalue weighted by atomic mass is 35.5. The zero-order valence-electron chi connectivity index (χ0n) is 10.5. The fourth-order valence-corrected chi connectivity index (χ4v) is 1.79. The van der Waals surface area contributed by atoms with Crippen molar-refractivity contribution in [2.24, 2.45) is 0 Å². The zero-order chi connectivity index (χ0) is 13.8. The topological polar surface area (TPSA) is 63.7 Å². The Labute approximate surface area is 120 Å². The molecule has 100 valence electrons. The minimum Gasteiger partial charge on any atom is -0.486 e. The lowest BCUT2D eigenvalue weighted by atomic mass is 10.3. The predicted octanol–water partition coefficient (Wildman–Crippen LogP) is 3.10. The molecule has 5 nitrogen and oxygen atoms in total. The second-order valence-corrected chi connectivity index (χ2v) is 4.53. The van der Waals surface area contributed by atoms with Gasteiger partial charge in [-0.3, -0.25) is 10.1 Å². The van der Waals surface area contributed by atoms with Crippen molar-refractivity contribution in [1.29, 1.82) is 0 Å². The molecule has 3 rings (SSSR count). The quantitative estimate of drug-likeness (QED) is 0.800. The van der Waals surface area contributed by atoms with Gasteiger partial charge in [0.2, 0.25) is 0 Å². The van der Waals surface area contributed by atoms with Crippen LogP contribution in [0.4, 0.5) is 0 Å².